The second-order valence-corrected chi connectivity index (χ2v) is 3.79. The molecule has 0 aliphatic carbocycles. The molecule has 0 fully saturated rings. The van der Waals surface area contributed by atoms with Crippen LogP contribution in [-0.2, 0) is 9.59 Å². The van der Waals surface area contributed by atoms with Crippen LogP contribution in [0.25, 0.3) is 0 Å². The highest BCUT2D eigenvalue weighted by atomic mass is 32.1. The number of nitrogens with one attached hydrogen (secondary N) is 1. The molecule has 0 saturated carbocycles. The van der Waals surface area contributed by atoms with Crippen molar-refractivity contribution >= 4 is 29.1 Å². The molecule has 0 saturated heterocycles. The molecule has 1 aromatic rings. The van der Waals surface area contributed by atoms with E-state index in [1.165, 1.54) is 11.7 Å². The molecular formula is C8H9N3O4S. The van der Waals surface area contributed by atoms with Gasteiger partial charge < -0.3 is 16.2 Å². The van der Waals surface area contributed by atoms with Crippen LogP contribution in [0.1, 0.15) is 16.1 Å². The smallest absolute Gasteiger partial charge is 0.326 e. The van der Waals surface area contributed by atoms with Gasteiger partial charge in [-0.3, -0.25) is 14.6 Å². The molecule has 2 amide bonds. The molecule has 0 aromatic carbocycles. The van der Waals surface area contributed by atoms with E-state index in [0.29, 0.717) is 0 Å². The quantitative estimate of drug-likeness (QED) is 0.625. The summed E-state index contributed by atoms with van der Waals surface area (Å²) in [6.45, 7) is 0. The Bertz CT molecular complexity index is 403. The lowest BCUT2D eigenvalue weighted by Crippen LogP contribution is -2.43. The number of nitrogens with zero attached hydrogens (tertiary/aromatic N) is 1. The summed E-state index contributed by atoms with van der Waals surface area (Å²) in [6.07, 6.45) is 0.864. The first kappa shape index (κ1) is 12.1. The largest absolute Gasteiger partial charge is 0.480 e. The lowest BCUT2D eigenvalue weighted by atomic mass is 10.2. The Hall–Kier alpha value is -1.96. The topological polar surface area (TPSA) is 122 Å². The molecular weight excluding hydrogens is 234 g/mol. The lowest BCUT2D eigenvalue weighted by molar-refractivity contribution is -0.140. The number of carboxylic acids is 1. The summed E-state index contributed by atoms with van der Waals surface area (Å²) < 4.78 is 0. The lowest BCUT2D eigenvalue weighted by Gasteiger charge is -2.11. The highest BCUT2D eigenvalue weighted by molar-refractivity contribution is 7.11. The van der Waals surface area contributed by atoms with Crippen molar-refractivity contribution in [1.82, 2.24) is 10.3 Å². The number of primary amides is 1. The molecule has 1 aromatic heterocycles. The molecule has 0 aliphatic rings. The standard InChI is InChI=1S/C8H9N3O4S/c9-6(12)1-4(8(14)15)11-7(13)5-2-10-3-16-5/h2-4H,1H2,(H2,9,12)(H,11,13)(H,14,15). The van der Waals surface area contributed by atoms with Gasteiger partial charge in [-0.15, -0.1) is 11.3 Å². The first-order valence-corrected chi connectivity index (χ1v) is 5.09. The van der Waals surface area contributed by atoms with Crippen LogP contribution >= 0.6 is 11.3 Å². The van der Waals surface area contributed by atoms with Crippen molar-refractivity contribution in [3.63, 3.8) is 0 Å². The number of hydrogen-bond donors (Lipinski definition) is 3. The Morgan fingerprint density at radius 3 is 2.69 bits per heavy atom. The van der Waals surface area contributed by atoms with E-state index in [0.717, 1.165) is 11.3 Å². The van der Waals surface area contributed by atoms with Crippen molar-refractivity contribution in [2.24, 2.45) is 5.73 Å². The van der Waals surface area contributed by atoms with Crippen molar-refractivity contribution in [2.75, 3.05) is 0 Å². The van der Waals surface area contributed by atoms with Crippen LogP contribution in [0, 0.1) is 0 Å². The van der Waals surface area contributed by atoms with E-state index in [-0.39, 0.29) is 4.88 Å². The molecule has 1 heterocycles. The number of carbonyl (C=O) groups is 3. The van der Waals surface area contributed by atoms with Crippen molar-refractivity contribution < 1.29 is 19.5 Å². The van der Waals surface area contributed by atoms with E-state index >= 15 is 0 Å². The van der Waals surface area contributed by atoms with Gasteiger partial charge in [0.05, 0.1) is 18.1 Å². The van der Waals surface area contributed by atoms with E-state index in [1.807, 2.05) is 0 Å². The molecule has 0 aliphatic heterocycles. The number of rotatable bonds is 5. The molecule has 7 nitrogen and oxygen atoms in total. The van der Waals surface area contributed by atoms with Crippen LogP contribution in [0.15, 0.2) is 11.7 Å². The van der Waals surface area contributed by atoms with Gasteiger partial charge >= 0.3 is 5.97 Å². The minimum Gasteiger partial charge on any atom is -0.480 e. The van der Waals surface area contributed by atoms with Crippen LogP contribution in [0.4, 0.5) is 0 Å². The van der Waals surface area contributed by atoms with Crippen LogP contribution in [-0.4, -0.2) is 33.9 Å². The van der Waals surface area contributed by atoms with E-state index in [2.05, 4.69) is 10.3 Å². The first-order chi connectivity index (χ1) is 7.50. The zero-order valence-electron chi connectivity index (χ0n) is 8.04. The third kappa shape index (κ3) is 3.31. The molecule has 4 N–H and O–H groups in total. The van der Waals surface area contributed by atoms with Crippen LogP contribution in [0.5, 0.6) is 0 Å². The number of nitrogens with two attached hydrogens (primary N) is 1. The number of carbonyl (C=O) groups excluding carboxylic acids is 2. The van der Waals surface area contributed by atoms with Crippen molar-refractivity contribution in [3.05, 3.63) is 16.6 Å². The monoisotopic (exact) mass is 243 g/mol. The minimum atomic E-state index is -1.31. The third-order valence-electron chi connectivity index (χ3n) is 1.66. The van der Waals surface area contributed by atoms with Gasteiger partial charge in [-0.25, -0.2) is 4.79 Å². The van der Waals surface area contributed by atoms with Crippen molar-refractivity contribution in [2.45, 2.75) is 12.5 Å². The van der Waals surface area contributed by atoms with Gasteiger partial charge in [-0.05, 0) is 0 Å². The SMILES string of the molecule is NC(=O)CC(NC(=O)c1cncs1)C(=O)O. The van der Waals surface area contributed by atoms with Gasteiger partial charge in [0.15, 0.2) is 0 Å². The van der Waals surface area contributed by atoms with Gasteiger partial charge in [-0.1, -0.05) is 0 Å². The number of hydrogen-bond acceptors (Lipinski definition) is 5. The highest BCUT2D eigenvalue weighted by Gasteiger charge is 2.23. The molecule has 16 heavy (non-hydrogen) atoms. The van der Waals surface area contributed by atoms with Gasteiger partial charge in [0.25, 0.3) is 5.91 Å². The number of aromatic nitrogens is 1. The van der Waals surface area contributed by atoms with Gasteiger partial charge in [-0.2, -0.15) is 0 Å². The normalized spacial score (nSPS) is 11.8. The zero-order chi connectivity index (χ0) is 12.1. The predicted molar refractivity (Wildman–Crippen MR) is 54.8 cm³/mol. The molecule has 0 spiro atoms. The van der Waals surface area contributed by atoms with Crippen molar-refractivity contribution in [1.29, 1.82) is 0 Å². The average molecular weight is 243 g/mol. The third-order valence-corrected chi connectivity index (χ3v) is 2.44. The number of thiazole rings is 1. The number of carboxylic acid groups (broad SMARTS) is 1. The zero-order valence-corrected chi connectivity index (χ0v) is 8.86. The van der Waals surface area contributed by atoms with Gasteiger partial charge in [0.2, 0.25) is 5.91 Å². The summed E-state index contributed by atoms with van der Waals surface area (Å²) in [7, 11) is 0. The summed E-state index contributed by atoms with van der Waals surface area (Å²) in [5.74, 6) is -2.69. The molecule has 1 unspecified atom stereocenters. The Balaban J connectivity index is 2.65. The summed E-state index contributed by atoms with van der Waals surface area (Å²) in [5, 5.41) is 10.9. The maximum absolute atomic E-state index is 11.4. The second kappa shape index (κ2) is 5.21. The van der Waals surface area contributed by atoms with Crippen molar-refractivity contribution in [3.8, 4) is 0 Å². The maximum Gasteiger partial charge on any atom is 0.326 e. The highest BCUT2D eigenvalue weighted by Crippen LogP contribution is 2.05. The minimum absolute atomic E-state index is 0.274. The molecule has 1 atom stereocenters. The summed E-state index contributed by atoms with van der Waals surface area (Å²) >= 11 is 1.07. The van der Waals surface area contributed by atoms with E-state index in [9.17, 15) is 14.4 Å². The van der Waals surface area contributed by atoms with Crippen LogP contribution < -0.4 is 11.1 Å². The van der Waals surface area contributed by atoms with Crippen LogP contribution in [0.3, 0.4) is 0 Å². The number of aliphatic carboxylic acids is 1. The van der Waals surface area contributed by atoms with E-state index in [4.69, 9.17) is 10.8 Å². The fourth-order valence-electron chi connectivity index (χ4n) is 0.959. The average Bonchev–Trinajstić information content (AvgIpc) is 2.68. The summed E-state index contributed by atoms with van der Waals surface area (Å²) in [5.41, 5.74) is 6.31. The Morgan fingerprint density at radius 1 is 1.56 bits per heavy atom. The predicted octanol–water partition coefficient (Wildman–Crippen LogP) is -0.798. The molecule has 86 valence electrons. The fraction of sp³-hybridized carbons (Fsp3) is 0.250. The van der Waals surface area contributed by atoms with Gasteiger partial charge in [0, 0.05) is 0 Å². The van der Waals surface area contributed by atoms with E-state index < -0.39 is 30.2 Å². The van der Waals surface area contributed by atoms with Gasteiger partial charge in [0.1, 0.15) is 10.9 Å². The fourth-order valence-corrected chi connectivity index (χ4v) is 1.48. The first-order valence-electron chi connectivity index (χ1n) is 4.21. The number of amides is 2. The maximum atomic E-state index is 11.4. The molecule has 1 rings (SSSR count). The molecule has 0 radical (unpaired) electrons. The molecule has 8 heteroatoms. The summed E-state index contributed by atoms with van der Waals surface area (Å²) in [6, 6.07) is -1.31. The Kier molecular flexibility index (Phi) is 3.95. The van der Waals surface area contributed by atoms with E-state index in [1.54, 1.807) is 0 Å². The Labute approximate surface area is 94.3 Å². The second-order valence-electron chi connectivity index (χ2n) is 2.90. The molecule has 0 bridgehead atoms. The van der Waals surface area contributed by atoms with Crippen LogP contribution in [0.2, 0.25) is 0 Å². The summed E-state index contributed by atoms with van der Waals surface area (Å²) in [4.78, 5) is 36.7. The Morgan fingerprint density at radius 2 is 2.25 bits per heavy atom.